The molecule has 0 unspecified atom stereocenters. The van der Waals surface area contributed by atoms with Crippen LogP contribution in [-0.2, 0) is 0 Å². The topological polar surface area (TPSA) is 256 Å². The van der Waals surface area contributed by atoms with E-state index in [1.165, 1.54) is 66.8 Å². The summed E-state index contributed by atoms with van der Waals surface area (Å²) in [5.41, 5.74) is 32.6. The number of nitrogens with zero attached hydrogens (tertiary/aromatic N) is 15. The van der Waals surface area contributed by atoms with Crippen molar-refractivity contribution < 1.29 is 8.83 Å². The van der Waals surface area contributed by atoms with E-state index in [9.17, 15) is 31.6 Å². The number of anilines is 9. The SMILES string of the molecule is N#Cc1nc2c3nc(C#N)c(C#N)nc3c3nc(C#N)c(C#N)nc3c2nc1C#N.c1ccc(-c2ccc(-c3ccc(N(c4ccc(-c5cccc6c5oc5ccccc56)cc4)c4ccc(-c5cccc6c5oc5ccccc56)cc4)cc3)cc2)cc1.c1ccc(-c2ccc(-c3ccc(N(c4ccccc4)c4ccc(-c5ccc(N(c6ccc(-c7ccccc7)cc6)c6ccc(-c7ccccc7)cc6)cc5)cc4)cc3)cc2)cc1. The second-order valence-electron chi connectivity index (χ2n) is 35.4. The van der Waals surface area contributed by atoms with Crippen LogP contribution in [0.3, 0.4) is 0 Å². The standard InChI is InChI=1S/C60H44N2.C54H35NO2.C18N12/c1-5-13-45(14-6-1)48-21-23-49(24-22-48)52-29-39-56(40-30-52)61(55-19-11-4-12-20-55)57-41-31-53(32-42-57)54-33-43-60(44-34-54)62(58-35-25-50(26-36-58)46-15-7-2-8-16-46)59-37-27-51(28-38-59)47-17-9-3-10-18-47;1-2-10-36(11-3-1)37-20-22-38(23-21-37)39-24-30-42(31-25-39)55(43-32-26-40(27-33-43)45-14-8-16-49-47-12-4-6-18-51(47)56-53(45)49)44-34-28-41(29-35-44)46-15-9-17-50-48-13-5-7-19-52(48)57-54(46)50;19-1-7-8(2-20)26-14-13(25-7)15-17(29-10(4-22)9(3-21)27-15)18-16(14)28-11(5-23)12(6-24)30-18/h1-44H;1-35H;. The summed E-state index contributed by atoms with van der Waals surface area (Å²) in [4.78, 5) is 31.7. The molecule has 0 atom stereocenters. The Bertz CT molecular complexity index is 9030. The van der Waals surface area contributed by atoms with E-state index in [-0.39, 0.29) is 67.3 Å². The summed E-state index contributed by atoms with van der Waals surface area (Å²) in [7, 11) is 0. The highest BCUT2D eigenvalue weighted by Gasteiger charge is 2.26. The molecule has 5 aromatic heterocycles. The van der Waals surface area contributed by atoms with Crippen LogP contribution >= 0.6 is 0 Å². The molecule has 0 bridgehead atoms. The number of rotatable bonds is 18. The summed E-state index contributed by atoms with van der Waals surface area (Å²) in [6, 6.07) is 181. The van der Waals surface area contributed by atoms with Gasteiger partial charge in [-0.1, -0.05) is 358 Å². The van der Waals surface area contributed by atoms with E-state index in [1.54, 1.807) is 36.4 Å². The predicted octanol–water partition coefficient (Wildman–Crippen LogP) is 33.3. The van der Waals surface area contributed by atoms with Gasteiger partial charge < -0.3 is 23.5 Å². The van der Waals surface area contributed by atoms with Gasteiger partial charge in [0.1, 0.15) is 91.8 Å². The van der Waals surface area contributed by atoms with Crippen LogP contribution in [0.1, 0.15) is 34.2 Å². The molecule has 17 heteroatoms. The number of para-hydroxylation sites is 5. The normalized spacial score (nSPS) is 10.9. The van der Waals surface area contributed by atoms with Gasteiger partial charge in [0.15, 0.2) is 34.2 Å². The molecule has 5 heterocycles. The van der Waals surface area contributed by atoms with Crippen LogP contribution in [0, 0.1) is 68.0 Å². The van der Waals surface area contributed by atoms with E-state index >= 15 is 0 Å². The molecule has 0 N–H and O–H groups in total. The Kier molecular flexibility index (Phi) is 24.8. The van der Waals surface area contributed by atoms with Crippen LogP contribution in [0.5, 0.6) is 0 Å². The van der Waals surface area contributed by atoms with Crippen molar-refractivity contribution in [3.05, 3.63) is 513 Å². The van der Waals surface area contributed by atoms with Gasteiger partial charge in [0.25, 0.3) is 0 Å². The van der Waals surface area contributed by atoms with Crippen molar-refractivity contribution in [2.75, 3.05) is 14.7 Å². The average Bonchev–Trinajstić information content (AvgIpc) is 1.43. The molecule has 20 aromatic carbocycles. The van der Waals surface area contributed by atoms with E-state index in [0.717, 1.165) is 128 Å². The van der Waals surface area contributed by atoms with Gasteiger partial charge in [0, 0.05) is 83.9 Å². The zero-order valence-corrected chi connectivity index (χ0v) is 79.6. The lowest BCUT2D eigenvalue weighted by atomic mass is 9.99. The van der Waals surface area contributed by atoms with Gasteiger partial charge in [0.05, 0.1) is 0 Å². The molecule has 0 spiro atoms. The van der Waals surface area contributed by atoms with Gasteiger partial charge in [-0.3, -0.25) is 0 Å². The van der Waals surface area contributed by atoms with E-state index < -0.39 is 0 Å². The minimum atomic E-state index is -0.294. The Balaban J connectivity index is 0.000000130. The molecular formula is C132H79N15O2. The molecule has 0 fully saturated rings. The number of furan rings is 2. The third-order valence-electron chi connectivity index (χ3n) is 26.6. The van der Waals surface area contributed by atoms with Crippen molar-refractivity contribution in [2.24, 2.45) is 0 Å². The second-order valence-corrected chi connectivity index (χ2v) is 35.4. The highest BCUT2D eigenvalue weighted by Crippen LogP contribution is 2.46. The average molecular weight is 1910 g/mol. The maximum absolute atomic E-state index is 9.29. The number of hydrogen-bond acceptors (Lipinski definition) is 17. The first kappa shape index (κ1) is 91.2. The monoisotopic (exact) mass is 1910 g/mol. The fourth-order valence-corrected chi connectivity index (χ4v) is 19.3. The number of nitriles is 6. The van der Waals surface area contributed by atoms with Crippen molar-refractivity contribution in [1.82, 2.24) is 29.9 Å². The molecule has 149 heavy (non-hydrogen) atoms. The van der Waals surface area contributed by atoms with Crippen LogP contribution in [-0.4, -0.2) is 29.9 Å². The number of benzene rings is 20. The highest BCUT2D eigenvalue weighted by molar-refractivity contribution is 6.19. The van der Waals surface area contributed by atoms with Gasteiger partial charge >= 0.3 is 0 Å². The lowest BCUT2D eigenvalue weighted by Crippen LogP contribution is -2.10. The molecule has 0 saturated carbocycles. The van der Waals surface area contributed by atoms with Gasteiger partial charge in [0.2, 0.25) is 0 Å². The van der Waals surface area contributed by atoms with Crippen molar-refractivity contribution in [3.8, 4) is 137 Å². The van der Waals surface area contributed by atoms with Crippen molar-refractivity contribution in [1.29, 1.82) is 31.6 Å². The third-order valence-corrected chi connectivity index (χ3v) is 26.6. The van der Waals surface area contributed by atoms with Crippen LogP contribution in [0.25, 0.3) is 177 Å². The Morgan fingerprint density at radius 1 is 0.148 bits per heavy atom. The van der Waals surface area contributed by atoms with E-state index in [4.69, 9.17) is 8.83 Å². The molecule has 0 amide bonds. The van der Waals surface area contributed by atoms with Gasteiger partial charge in [-0.25, -0.2) is 29.9 Å². The van der Waals surface area contributed by atoms with Crippen LogP contribution in [0.4, 0.5) is 51.2 Å². The Hall–Kier alpha value is -21.6. The maximum Gasteiger partial charge on any atom is 0.177 e. The van der Waals surface area contributed by atoms with E-state index in [1.807, 2.05) is 24.3 Å². The molecule has 25 aromatic rings. The quantitative estimate of drug-likeness (QED) is 0.0723. The number of hydrogen-bond donors (Lipinski definition) is 0. The lowest BCUT2D eigenvalue weighted by molar-refractivity contribution is 0.669. The summed E-state index contributed by atoms with van der Waals surface area (Å²) in [5.74, 6) is 0. The predicted molar refractivity (Wildman–Crippen MR) is 594 cm³/mol. The molecule has 0 radical (unpaired) electrons. The summed E-state index contributed by atoms with van der Waals surface area (Å²) >= 11 is 0. The van der Waals surface area contributed by atoms with Gasteiger partial charge in [-0.05, 0) is 210 Å². The molecule has 0 saturated heterocycles. The smallest absolute Gasteiger partial charge is 0.177 e. The minimum Gasteiger partial charge on any atom is -0.455 e. The zero-order chi connectivity index (χ0) is 101. The maximum atomic E-state index is 9.29. The van der Waals surface area contributed by atoms with E-state index in [2.05, 4.69) is 500 Å². The molecular weight excluding hydrogens is 1830 g/mol. The van der Waals surface area contributed by atoms with Crippen LogP contribution in [0.2, 0.25) is 0 Å². The van der Waals surface area contributed by atoms with Crippen molar-refractivity contribution in [2.45, 2.75) is 0 Å². The minimum absolute atomic E-state index is 0.0237. The number of aromatic nitrogens is 6. The molecule has 0 aliphatic rings. The van der Waals surface area contributed by atoms with Gasteiger partial charge in [-0.15, -0.1) is 0 Å². The van der Waals surface area contributed by atoms with Crippen LogP contribution < -0.4 is 14.7 Å². The largest absolute Gasteiger partial charge is 0.455 e. The molecule has 0 aliphatic carbocycles. The molecule has 25 rings (SSSR count). The Morgan fingerprint density at radius 3 is 0.517 bits per heavy atom. The van der Waals surface area contributed by atoms with Crippen molar-refractivity contribution in [3.63, 3.8) is 0 Å². The van der Waals surface area contributed by atoms with Crippen molar-refractivity contribution >= 4 is 128 Å². The molecule has 0 aliphatic heterocycles. The molecule has 694 valence electrons. The Labute approximate surface area is 857 Å². The summed E-state index contributed by atoms with van der Waals surface area (Å²) in [6.45, 7) is 0. The lowest BCUT2D eigenvalue weighted by Gasteiger charge is -2.26. The summed E-state index contributed by atoms with van der Waals surface area (Å²) < 4.78 is 12.8. The summed E-state index contributed by atoms with van der Waals surface area (Å²) in [6.07, 6.45) is 0. The number of fused-ring (bicyclic) bond motifs is 12. The first-order chi connectivity index (χ1) is 73.6. The highest BCUT2D eigenvalue weighted by atomic mass is 16.3. The third kappa shape index (κ3) is 18.1. The second kappa shape index (κ2) is 40.5. The zero-order valence-electron chi connectivity index (χ0n) is 79.6. The van der Waals surface area contributed by atoms with Crippen LogP contribution in [0.15, 0.2) is 488 Å². The summed E-state index contributed by atoms with van der Waals surface area (Å²) in [5, 5.41) is 60.2. The van der Waals surface area contributed by atoms with E-state index in [0.29, 0.717) is 0 Å². The fourth-order valence-electron chi connectivity index (χ4n) is 19.3. The van der Waals surface area contributed by atoms with Gasteiger partial charge in [-0.2, -0.15) is 31.6 Å². The first-order valence-electron chi connectivity index (χ1n) is 48.3. The first-order valence-corrected chi connectivity index (χ1v) is 48.3. The fraction of sp³-hybridized carbons (Fsp3) is 0. The Morgan fingerprint density at radius 2 is 0.309 bits per heavy atom. The molecule has 17 nitrogen and oxygen atoms in total.